The number of benzene rings is 1. The normalized spacial score (nSPS) is 10.6. The molecule has 0 amide bonds. The summed E-state index contributed by atoms with van der Waals surface area (Å²) in [7, 11) is 0. The van der Waals surface area contributed by atoms with Crippen LogP contribution in [0.1, 0.15) is 11.3 Å². The first kappa shape index (κ1) is 12.0. The van der Waals surface area contributed by atoms with E-state index >= 15 is 0 Å². The Hall–Kier alpha value is -1.45. The van der Waals surface area contributed by atoms with Crippen LogP contribution in [0.2, 0.25) is 5.02 Å². The van der Waals surface area contributed by atoms with Crippen molar-refractivity contribution in [3.63, 3.8) is 0 Å². The van der Waals surface area contributed by atoms with Crippen LogP contribution in [0.4, 0.5) is 0 Å². The molecule has 0 aliphatic rings. The third-order valence-electron chi connectivity index (χ3n) is 2.49. The molecule has 2 aromatic rings. The van der Waals surface area contributed by atoms with Crippen LogP contribution in [0.3, 0.4) is 0 Å². The Bertz CT molecular complexity index is 468. The van der Waals surface area contributed by atoms with Crippen LogP contribution < -0.4 is 5.32 Å². The number of aromatic hydroxyl groups is 1. The summed E-state index contributed by atoms with van der Waals surface area (Å²) in [5.41, 5.74) is 0.803. The molecule has 0 aliphatic heterocycles. The average Bonchev–Trinajstić information content (AvgIpc) is 2.82. The molecule has 0 aliphatic carbocycles. The number of furan rings is 1. The van der Waals surface area contributed by atoms with E-state index in [9.17, 15) is 5.11 Å². The van der Waals surface area contributed by atoms with E-state index in [-0.39, 0.29) is 5.75 Å². The highest BCUT2D eigenvalue weighted by Crippen LogP contribution is 2.20. The number of rotatable bonds is 5. The van der Waals surface area contributed by atoms with Gasteiger partial charge in [0.15, 0.2) is 0 Å². The quantitative estimate of drug-likeness (QED) is 0.803. The SMILES string of the molecule is Oc1ccc(Cl)cc1CNCCc1ccco1. The Kier molecular flexibility index (Phi) is 4.07. The van der Waals surface area contributed by atoms with Crippen LogP contribution in [0.5, 0.6) is 5.75 Å². The maximum Gasteiger partial charge on any atom is 0.120 e. The number of phenolic OH excluding ortho intramolecular Hbond substituents is 1. The lowest BCUT2D eigenvalue weighted by Crippen LogP contribution is -2.16. The van der Waals surface area contributed by atoms with Gasteiger partial charge in [0.2, 0.25) is 0 Å². The number of hydrogen-bond acceptors (Lipinski definition) is 3. The van der Waals surface area contributed by atoms with Crippen LogP contribution in [0.25, 0.3) is 0 Å². The first-order chi connectivity index (χ1) is 8.25. The number of hydrogen-bond donors (Lipinski definition) is 2. The molecule has 0 radical (unpaired) electrons. The Morgan fingerprint density at radius 3 is 2.94 bits per heavy atom. The first-order valence-electron chi connectivity index (χ1n) is 5.46. The van der Waals surface area contributed by atoms with E-state index in [0.29, 0.717) is 11.6 Å². The van der Waals surface area contributed by atoms with Gasteiger partial charge in [0, 0.05) is 30.1 Å². The Morgan fingerprint density at radius 1 is 1.29 bits per heavy atom. The van der Waals surface area contributed by atoms with Crippen molar-refractivity contribution in [1.29, 1.82) is 0 Å². The van der Waals surface area contributed by atoms with Gasteiger partial charge in [0.05, 0.1) is 6.26 Å². The molecule has 1 aromatic heterocycles. The molecule has 1 aromatic carbocycles. The molecule has 2 rings (SSSR count). The van der Waals surface area contributed by atoms with Gasteiger partial charge in [-0.05, 0) is 30.3 Å². The van der Waals surface area contributed by atoms with E-state index in [4.69, 9.17) is 16.0 Å². The molecule has 0 spiro atoms. The molecule has 17 heavy (non-hydrogen) atoms. The van der Waals surface area contributed by atoms with Gasteiger partial charge in [-0.15, -0.1) is 0 Å². The summed E-state index contributed by atoms with van der Waals surface area (Å²) in [6.45, 7) is 1.38. The molecule has 0 atom stereocenters. The summed E-state index contributed by atoms with van der Waals surface area (Å²) in [5.74, 6) is 1.22. The van der Waals surface area contributed by atoms with Crippen molar-refractivity contribution in [2.75, 3.05) is 6.54 Å². The van der Waals surface area contributed by atoms with Crippen LogP contribution in [-0.4, -0.2) is 11.7 Å². The zero-order chi connectivity index (χ0) is 12.1. The molecular weight excluding hydrogens is 238 g/mol. The van der Waals surface area contributed by atoms with E-state index < -0.39 is 0 Å². The largest absolute Gasteiger partial charge is 0.508 e. The summed E-state index contributed by atoms with van der Waals surface area (Å²) in [6, 6.07) is 8.85. The molecule has 90 valence electrons. The van der Waals surface area contributed by atoms with E-state index in [1.165, 1.54) is 0 Å². The lowest BCUT2D eigenvalue weighted by atomic mass is 10.2. The molecule has 0 bridgehead atoms. The van der Waals surface area contributed by atoms with Gasteiger partial charge in [-0.1, -0.05) is 11.6 Å². The second-order valence-corrected chi connectivity index (χ2v) is 4.22. The topological polar surface area (TPSA) is 45.4 Å². The minimum Gasteiger partial charge on any atom is -0.508 e. The third kappa shape index (κ3) is 3.51. The summed E-state index contributed by atoms with van der Waals surface area (Å²) < 4.78 is 5.22. The molecule has 0 fully saturated rings. The minimum atomic E-state index is 0.264. The van der Waals surface area contributed by atoms with Crippen molar-refractivity contribution < 1.29 is 9.52 Å². The summed E-state index contributed by atoms with van der Waals surface area (Å²) >= 11 is 5.86. The lowest BCUT2D eigenvalue weighted by molar-refractivity contribution is 0.462. The number of nitrogens with one attached hydrogen (secondary N) is 1. The van der Waals surface area contributed by atoms with Gasteiger partial charge in [-0.25, -0.2) is 0 Å². The van der Waals surface area contributed by atoms with Crippen LogP contribution >= 0.6 is 11.6 Å². The Balaban J connectivity index is 1.80. The van der Waals surface area contributed by atoms with Crippen LogP contribution in [0, 0.1) is 0 Å². The summed E-state index contributed by atoms with van der Waals surface area (Å²) in [4.78, 5) is 0. The third-order valence-corrected chi connectivity index (χ3v) is 2.72. The fourth-order valence-electron chi connectivity index (χ4n) is 1.59. The number of phenols is 1. The van der Waals surface area contributed by atoms with Crippen molar-refractivity contribution in [2.24, 2.45) is 0 Å². The monoisotopic (exact) mass is 251 g/mol. The molecule has 2 N–H and O–H groups in total. The fourth-order valence-corrected chi connectivity index (χ4v) is 1.78. The van der Waals surface area contributed by atoms with Gasteiger partial charge in [-0.2, -0.15) is 0 Å². The van der Waals surface area contributed by atoms with Gasteiger partial charge in [0.25, 0.3) is 0 Å². The zero-order valence-corrected chi connectivity index (χ0v) is 10.1. The minimum absolute atomic E-state index is 0.264. The first-order valence-corrected chi connectivity index (χ1v) is 5.84. The molecule has 0 unspecified atom stereocenters. The average molecular weight is 252 g/mol. The maximum absolute atomic E-state index is 9.60. The van der Waals surface area contributed by atoms with Crippen molar-refractivity contribution >= 4 is 11.6 Å². The van der Waals surface area contributed by atoms with E-state index in [1.807, 2.05) is 12.1 Å². The molecule has 0 saturated heterocycles. The van der Waals surface area contributed by atoms with Crippen molar-refractivity contribution in [2.45, 2.75) is 13.0 Å². The predicted molar refractivity (Wildman–Crippen MR) is 67.2 cm³/mol. The predicted octanol–water partition coefficient (Wildman–Crippen LogP) is 2.97. The standard InChI is InChI=1S/C13H14ClNO2/c14-11-3-4-13(16)10(8-11)9-15-6-5-12-2-1-7-17-12/h1-4,7-8,15-16H,5-6,9H2. The van der Waals surface area contributed by atoms with Crippen molar-refractivity contribution in [3.8, 4) is 5.75 Å². The van der Waals surface area contributed by atoms with E-state index in [2.05, 4.69) is 5.32 Å². The van der Waals surface area contributed by atoms with Crippen molar-refractivity contribution in [1.82, 2.24) is 5.32 Å². The molecule has 3 nitrogen and oxygen atoms in total. The fraction of sp³-hybridized carbons (Fsp3) is 0.231. The molecule has 4 heteroatoms. The van der Waals surface area contributed by atoms with Crippen LogP contribution in [-0.2, 0) is 13.0 Å². The smallest absolute Gasteiger partial charge is 0.120 e. The van der Waals surface area contributed by atoms with Crippen LogP contribution in [0.15, 0.2) is 41.0 Å². The second-order valence-electron chi connectivity index (χ2n) is 3.78. The maximum atomic E-state index is 9.60. The van der Waals surface area contributed by atoms with Gasteiger partial charge < -0.3 is 14.8 Å². The highest BCUT2D eigenvalue weighted by atomic mass is 35.5. The highest BCUT2D eigenvalue weighted by Gasteiger charge is 2.02. The van der Waals surface area contributed by atoms with Crippen molar-refractivity contribution in [3.05, 3.63) is 52.9 Å². The lowest BCUT2D eigenvalue weighted by Gasteiger charge is -2.06. The van der Waals surface area contributed by atoms with E-state index in [0.717, 1.165) is 24.3 Å². The zero-order valence-electron chi connectivity index (χ0n) is 9.32. The summed E-state index contributed by atoms with van der Waals surface area (Å²) in [6.07, 6.45) is 2.49. The summed E-state index contributed by atoms with van der Waals surface area (Å²) in [5, 5.41) is 13.5. The Labute approximate surface area is 105 Å². The highest BCUT2D eigenvalue weighted by molar-refractivity contribution is 6.30. The van der Waals surface area contributed by atoms with Gasteiger partial charge >= 0.3 is 0 Å². The number of halogens is 1. The Morgan fingerprint density at radius 2 is 2.18 bits per heavy atom. The molecule has 0 saturated carbocycles. The van der Waals surface area contributed by atoms with E-state index in [1.54, 1.807) is 24.5 Å². The molecular formula is C13H14ClNO2. The van der Waals surface area contributed by atoms with Gasteiger partial charge in [0.1, 0.15) is 11.5 Å². The van der Waals surface area contributed by atoms with Gasteiger partial charge in [-0.3, -0.25) is 0 Å². The second kappa shape index (κ2) is 5.75. The molecule has 1 heterocycles.